The van der Waals surface area contributed by atoms with E-state index in [1.165, 1.54) is 18.4 Å². The molecular weight excluding hydrogens is 278 g/mol. The monoisotopic (exact) mass is 293 g/mol. The van der Waals surface area contributed by atoms with Crippen molar-refractivity contribution < 1.29 is 22.4 Å². The average Bonchev–Trinajstić information content (AvgIpc) is 2.81. The molecule has 1 saturated heterocycles. The van der Waals surface area contributed by atoms with Crippen molar-refractivity contribution in [2.24, 2.45) is 0 Å². The molecule has 0 aromatic carbocycles. The molecule has 0 saturated carbocycles. The number of likely N-dealkylation sites (N-methyl/N-ethyl adjacent to an activating group) is 1. The van der Waals surface area contributed by atoms with Gasteiger partial charge in [-0.15, -0.1) is 0 Å². The van der Waals surface area contributed by atoms with E-state index >= 15 is 0 Å². The van der Waals surface area contributed by atoms with Gasteiger partial charge in [0.05, 0.1) is 0 Å². The highest BCUT2D eigenvalue weighted by molar-refractivity contribution is 7.83. The standard InChI is InChI=1S/C10H15NO5S2/c1-10(2)15-8(7-4-5-17-6-7)9(16-10)11(3)18(12,13)14/h4-6,8-9H,1-3H3,(H,12,13,14). The van der Waals surface area contributed by atoms with Gasteiger partial charge in [0.1, 0.15) is 6.10 Å². The summed E-state index contributed by atoms with van der Waals surface area (Å²) in [5, 5.41) is 3.73. The molecule has 2 unspecified atom stereocenters. The van der Waals surface area contributed by atoms with Gasteiger partial charge in [0.25, 0.3) is 0 Å². The summed E-state index contributed by atoms with van der Waals surface area (Å²) in [5.74, 6) is -0.907. The van der Waals surface area contributed by atoms with Crippen molar-refractivity contribution in [2.75, 3.05) is 7.05 Å². The van der Waals surface area contributed by atoms with E-state index in [4.69, 9.17) is 14.0 Å². The van der Waals surface area contributed by atoms with Gasteiger partial charge in [-0.2, -0.15) is 24.1 Å². The molecule has 8 heteroatoms. The van der Waals surface area contributed by atoms with Gasteiger partial charge in [-0.3, -0.25) is 4.55 Å². The van der Waals surface area contributed by atoms with Crippen LogP contribution in [0.5, 0.6) is 0 Å². The average molecular weight is 293 g/mol. The quantitative estimate of drug-likeness (QED) is 0.857. The van der Waals surface area contributed by atoms with Crippen molar-refractivity contribution in [1.82, 2.24) is 4.31 Å². The second-order valence-electron chi connectivity index (χ2n) is 4.50. The Morgan fingerprint density at radius 2 is 2.11 bits per heavy atom. The highest BCUT2D eigenvalue weighted by atomic mass is 32.2. The van der Waals surface area contributed by atoms with Gasteiger partial charge in [-0.25, -0.2) is 0 Å². The minimum atomic E-state index is -4.33. The Labute approximate surface area is 110 Å². The zero-order valence-electron chi connectivity index (χ0n) is 10.2. The van der Waals surface area contributed by atoms with Gasteiger partial charge >= 0.3 is 10.3 Å². The fourth-order valence-corrected chi connectivity index (χ4v) is 2.91. The molecule has 0 radical (unpaired) electrons. The number of hydrogen-bond donors (Lipinski definition) is 1. The minimum absolute atomic E-state index is 0.557. The summed E-state index contributed by atoms with van der Waals surface area (Å²) in [6.45, 7) is 3.40. The molecule has 1 aliphatic heterocycles. The molecule has 18 heavy (non-hydrogen) atoms. The molecule has 1 fully saturated rings. The van der Waals surface area contributed by atoms with Gasteiger partial charge in [0.15, 0.2) is 12.0 Å². The van der Waals surface area contributed by atoms with E-state index < -0.39 is 28.4 Å². The number of ether oxygens (including phenoxy) is 2. The van der Waals surface area contributed by atoms with Crippen LogP contribution < -0.4 is 0 Å². The molecule has 0 spiro atoms. The van der Waals surface area contributed by atoms with Crippen LogP contribution >= 0.6 is 11.3 Å². The maximum atomic E-state index is 11.2. The Morgan fingerprint density at radius 1 is 1.44 bits per heavy atom. The van der Waals surface area contributed by atoms with E-state index in [1.807, 2.05) is 16.8 Å². The predicted molar refractivity (Wildman–Crippen MR) is 66.4 cm³/mol. The number of rotatable bonds is 3. The Bertz CT molecular complexity index is 510. The van der Waals surface area contributed by atoms with Gasteiger partial charge in [0.2, 0.25) is 0 Å². The first kappa shape index (κ1) is 13.9. The third-order valence-corrected chi connectivity index (χ3v) is 4.31. The van der Waals surface area contributed by atoms with E-state index in [-0.39, 0.29) is 0 Å². The summed E-state index contributed by atoms with van der Waals surface area (Å²) in [7, 11) is -3.07. The number of thiophene rings is 1. The Balaban J connectivity index is 2.32. The molecular formula is C10H15NO5S2. The molecule has 6 nitrogen and oxygen atoms in total. The summed E-state index contributed by atoms with van der Waals surface area (Å²) < 4.78 is 43.5. The van der Waals surface area contributed by atoms with Crippen molar-refractivity contribution in [3.63, 3.8) is 0 Å². The molecule has 1 aliphatic rings. The smallest absolute Gasteiger partial charge is 0.337 e. The van der Waals surface area contributed by atoms with Crippen LogP contribution in [0.3, 0.4) is 0 Å². The second kappa shape index (κ2) is 4.55. The van der Waals surface area contributed by atoms with E-state index in [0.29, 0.717) is 0 Å². The van der Waals surface area contributed by atoms with Gasteiger partial charge in [0, 0.05) is 7.05 Å². The molecule has 0 aliphatic carbocycles. The lowest BCUT2D eigenvalue weighted by molar-refractivity contribution is -0.154. The van der Waals surface area contributed by atoms with Crippen molar-refractivity contribution >= 4 is 21.6 Å². The summed E-state index contributed by atoms with van der Waals surface area (Å²) >= 11 is 1.48. The molecule has 1 N–H and O–H groups in total. The van der Waals surface area contributed by atoms with Gasteiger partial charge in [-0.05, 0) is 36.2 Å². The highest BCUT2D eigenvalue weighted by Crippen LogP contribution is 2.40. The summed E-state index contributed by atoms with van der Waals surface area (Å²) in [6, 6.07) is 1.84. The molecule has 102 valence electrons. The zero-order valence-corrected chi connectivity index (χ0v) is 11.9. The topological polar surface area (TPSA) is 76.1 Å². The van der Waals surface area contributed by atoms with Crippen LogP contribution in [0, 0.1) is 0 Å². The largest absolute Gasteiger partial charge is 0.338 e. The lowest BCUT2D eigenvalue weighted by atomic mass is 10.2. The van der Waals surface area contributed by atoms with Gasteiger partial charge < -0.3 is 9.47 Å². The van der Waals surface area contributed by atoms with E-state index in [1.54, 1.807) is 13.8 Å². The van der Waals surface area contributed by atoms with Gasteiger partial charge in [-0.1, -0.05) is 0 Å². The third kappa shape index (κ3) is 2.73. The summed E-state index contributed by atoms with van der Waals surface area (Å²) in [5.41, 5.74) is 0.825. The number of hydrogen-bond acceptors (Lipinski definition) is 5. The molecule has 2 heterocycles. The highest BCUT2D eigenvalue weighted by Gasteiger charge is 2.46. The fourth-order valence-electron chi connectivity index (χ4n) is 1.81. The molecule has 0 amide bonds. The first-order valence-electron chi connectivity index (χ1n) is 5.29. The van der Waals surface area contributed by atoms with E-state index in [0.717, 1.165) is 9.87 Å². The van der Waals surface area contributed by atoms with Crippen LogP contribution in [0.2, 0.25) is 0 Å². The first-order valence-corrected chi connectivity index (χ1v) is 7.63. The Morgan fingerprint density at radius 3 is 2.61 bits per heavy atom. The van der Waals surface area contributed by atoms with E-state index in [9.17, 15) is 8.42 Å². The van der Waals surface area contributed by atoms with Crippen LogP contribution in [0.15, 0.2) is 16.8 Å². The van der Waals surface area contributed by atoms with Crippen LogP contribution in [0.25, 0.3) is 0 Å². The summed E-state index contributed by atoms with van der Waals surface area (Å²) in [6.07, 6.45) is -1.44. The normalized spacial score (nSPS) is 27.8. The minimum Gasteiger partial charge on any atom is -0.338 e. The van der Waals surface area contributed by atoms with Crippen LogP contribution in [0.1, 0.15) is 25.5 Å². The molecule has 1 aromatic rings. The zero-order chi connectivity index (χ0) is 13.6. The molecule has 2 rings (SSSR count). The predicted octanol–water partition coefficient (Wildman–Crippen LogP) is 1.63. The first-order chi connectivity index (χ1) is 8.21. The molecule has 0 bridgehead atoms. The third-order valence-electron chi connectivity index (χ3n) is 2.67. The Hall–Kier alpha value is -0.510. The maximum absolute atomic E-state index is 11.2. The lowest BCUT2D eigenvalue weighted by Gasteiger charge is -2.23. The SMILES string of the molecule is CN(C1OC(C)(C)OC1c1ccsc1)S(=O)(=O)O. The van der Waals surface area contributed by atoms with Crippen molar-refractivity contribution in [3.8, 4) is 0 Å². The molecule has 1 aromatic heterocycles. The summed E-state index contributed by atoms with van der Waals surface area (Å²) in [4.78, 5) is 0. The lowest BCUT2D eigenvalue weighted by Crippen LogP contribution is -2.40. The van der Waals surface area contributed by atoms with Crippen LogP contribution in [0.4, 0.5) is 0 Å². The van der Waals surface area contributed by atoms with Crippen LogP contribution in [-0.4, -0.2) is 36.3 Å². The maximum Gasteiger partial charge on any atom is 0.337 e. The Kier molecular flexibility index (Phi) is 3.52. The molecule has 2 atom stereocenters. The second-order valence-corrected chi connectivity index (χ2v) is 6.75. The van der Waals surface area contributed by atoms with Crippen LogP contribution in [-0.2, 0) is 19.8 Å². The number of nitrogens with zero attached hydrogens (tertiary/aromatic N) is 1. The van der Waals surface area contributed by atoms with E-state index in [2.05, 4.69) is 0 Å². The fraction of sp³-hybridized carbons (Fsp3) is 0.600. The van der Waals surface area contributed by atoms with Crippen molar-refractivity contribution in [1.29, 1.82) is 0 Å². The van der Waals surface area contributed by atoms with Crippen molar-refractivity contribution in [3.05, 3.63) is 22.4 Å². The van der Waals surface area contributed by atoms with Crippen molar-refractivity contribution in [2.45, 2.75) is 32.0 Å².